The second-order valence-corrected chi connectivity index (χ2v) is 4.21. The number of rotatable bonds is 5. The van der Waals surface area contributed by atoms with Crippen LogP contribution in [0.2, 0.25) is 0 Å². The summed E-state index contributed by atoms with van der Waals surface area (Å²) in [7, 11) is 3.46. The van der Waals surface area contributed by atoms with Crippen LogP contribution in [0.15, 0.2) is 16.8 Å². The van der Waals surface area contributed by atoms with Crippen LogP contribution in [0.4, 0.5) is 4.79 Å². The predicted molar refractivity (Wildman–Crippen MR) is 63.1 cm³/mol. The van der Waals surface area contributed by atoms with E-state index in [4.69, 9.17) is 0 Å². The van der Waals surface area contributed by atoms with E-state index < -0.39 is 0 Å². The molecule has 4 nitrogen and oxygen atoms in total. The number of amides is 2. The fourth-order valence-corrected chi connectivity index (χ4v) is 1.71. The summed E-state index contributed by atoms with van der Waals surface area (Å²) in [5.41, 5.74) is 1.29. The van der Waals surface area contributed by atoms with Gasteiger partial charge in [0.05, 0.1) is 0 Å². The Bertz CT molecular complexity index is 285. The predicted octanol–water partition coefficient (Wildman–Crippen LogP) is 1.11. The highest BCUT2D eigenvalue weighted by Gasteiger charge is 2.00. The van der Waals surface area contributed by atoms with E-state index in [1.807, 2.05) is 0 Å². The maximum Gasteiger partial charge on any atom is 0.316 e. The highest BCUT2D eigenvalue weighted by Crippen LogP contribution is 2.04. The van der Waals surface area contributed by atoms with Crippen LogP contribution < -0.4 is 10.6 Å². The van der Waals surface area contributed by atoms with Crippen molar-refractivity contribution in [2.75, 3.05) is 27.2 Å². The van der Waals surface area contributed by atoms with Crippen LogP contribution in [-0.4, -0.2) is 38.1 Å². The summed E-state index contributed by atoms with van der Waals surface area (Å²) in [5.74, 6) is 0. The molecule has 1 aromatic heterocycles. The summed E-state index contributed by atoms with van der Waals surface area (Å²) in [6.07, 6.45) is 0. The minimum atomic E-state index is -0.0488. The number of urea groups is 1. The second kappa shape index (κ2) is 6.42. The van der Waals surface area contributed by atoms with Crippen molar-refractivity contribution in [1.29, 1.82) is 0 Å². The quantitative estimate of drug-likeness (QED) is 0.740. The summed E-state index contributed by atoms with van der Waals surface area (Å²) in [5, 5.41) is 10.2. The molecule has 0 aliphatic carbocycles. The maximum atomic E-state index is 11.1. The van der Waals surface area contributed by atoms with E-state index in [9.17, 15) is 4.79 Å². The molecule has 84 valence electrons. The van der Waals surface area contributed by atoms with Crippen LogP contribution in [0.5, 0.6) is 0 Å². The van der Waals surface area contributed by atoms with Gasteiger partial charge in [0.15, 0.2) is 0 Å². The van der Waals surface area contributed by atoms with Gasteiger partial charge in [0, 0.05) is 33.7 Å². The van der Waals surface area contributed by atoms with Gasteiger partial charge in [-0.1, -0.05) is 0 Å². The Hall–Kier alpha value is -1.07. The molecule has 0 aliphatic rings. The molecule has 0 saturated heterocycles. The van der Waals surface area contributed by atoms with Gasteiger partial charge in [-0.25, -0.2) is 4.79 Å². The SMILES string of the molecule is CN(C)C(=O)NCCNCc1ccsc1. The van der Waals surface area contributed by atoms with Crippen LogP contribution in [0.3, 0.4) is 0 Å². The van der Waals surface area contributed by atoms with Crippen molar-refractivity contribution >= 4 is 17.4 Å². The first-order valence-electron chi connectivity index (χ1n) is 4.87. The molecule has 0 aliphatic heterocycles. The average Bonchev–Trinajstić information content (AvgIpc) is 2.69. The van der Waals surface area contributed by atoms with E-state index in [1.54, 1.807) is 25.4 Å². The molecule has 1 rings (SSSR count). The van der Waals surface area contributed by atoms with E-state index in [0.29, 0.717) is 6.54 Å². The van der Waals surface area contributed by atoms with E-state index in [-0.39, 0.29) is 6.03 Å². The molecule has 0 spiro atoms. The molecule has 15 heavy (non-hydrogen) atoms. The van der Waals surface area contributed by atoms with Gasteiger partial charge < -0.3 is 15.5 Å². The van der Waals surface area contributed by atoms with Crippen molar-refractivity contribution in [2.45, 2.75) is 6.54 Å². The molecule has 0 bridgehead atoms. The minimum absolute atomic E-state index is 0.0488. The van der Waals surface area contributed by atoms with Crippen molar-refractivity contribution in [2.24, 2.45) is 0 Å². The van der Waals surface area contributed by atoms with E-state index in [2.05, 4.69) is 27.5 Å². The standard InChI is InChI=1S/C10H17N3OS/c1-13(2)10(14)12-5-4-11-7-9-3-6-15-8-9/h3,6,8,11H,4-5,7H2,1-2H3,(H,12,14). The third kappa shape index (κ3) is 4.80. The number of carbonyl (C=O) groups excluding carboxylic acids is 1. The van der Waals surface area contributed by atoms with Crippen LogP contribution in [0.1, 0.15) is 5.56 Å². The molecule has 0 atom stereocenters. The first-order chi connectivity index (χ1) is 7.20. The Balaban J connectivity index is 2.00. The lowest BCUT2D eigenvalue weighted by molar-refractivity contribution is 0.217. The zero-order valence-electron chi connectivity index (χ0n) is 9.12. The Morgan fingerprint density at radius 3 is 2.87 bits per heavy atom. The minimum Gasteiger partial charge on any atom is -0.337 e. The van der Waals surface area contributed by atoms with Crippen molar-refractivity contribution < 1.29 is 4.79 Å². The largest absolute Gasteiger partial charge is 0.337 e. The Morgan fingerprint density at radius 1 is 1.47 bits per heavy atom. The highest BCUT2D eigenvalue weighted by atomic mass is 32.1. The number of carbonyl (C=O) groups is 1. The van der Waals surface area contributed by atoms with Crippen molar-refractivity contribution in [1.82, 2.24) is 15.5 Å². The van der Waals surface area contributed by atoms with Crippen LogP contribution in [0, 0.1) is 0 Å². The van der Waals surface area contributed by atoms with Gasteiger partial charge in [0.1, 0.15) is 0 Å². The van der Waals surface area contributed by atoms with Gasteiger partial charge >= 0.3 is 6.03 Å². The van der Waals surface area contributed by atoms with Gasteiger partial charge in [-0.15, -0.1) is 0 Å². The van der Waals surface area contributed by atoms with Crippen LogP contribution in [-0.2, 0) is 6.54 Å². The van der Waals surface area contributed by atoms with E-state index in [0.717, 1.165) is 13.1 Å². The van der Waals surface area contributed by atoms with E-state index >= 15 is 0 Å². The monoisotopic (exact) mass is 227 g/mol. The first-order valence-corrected chi connectivity index (χ1v) is 5.81. The van der Waals surface area contributed by atoms with Crippen molar-refractivity contribution in [3.05, 3.63) is 22.4 Å². The summed E-state index contributed by atoms with van der Waals surface area (Å²) in [4.78, 5) is 12.7. The van der Waals surface area contributed by atoms with Gasteiger partial charge in [0.25, 0.3) is 0 Å². The summed E-state index contributed by atoms with van der Waals surface area (Å²) in [6, 6.07) is 2.04. The number of hydrogen-bond donors (Lipinski definition) is 2. The van der Waals surface area contributed by atoms with Gasteiger partial charge in [-0.05, 0) is 22.4 Å². The average molecular weight is 227 g/mol. The second-order valence-electron chi connectivity index (χ2n) is 3.43. The summed E-state index contributed by atoms with van der Waals surface area (Å²) < 4.78 is 0. The molecule has 1 heterocycles. The zero-order chi connectivity index (χ0) is 11.1. The molecule has 1 aromatic rings. The fourth-order valence-electron chi connectivity index (χ4n) is 1.04. The normalized spacial score (nSPS) is 10.0. The summed E-state index contributed by atoms with van der Waals surface area (Å²) in [6.45, 7) is 2.30. The number of thiophene rings is 1. The molecule has 0 aromatic carbocycles. The molecule has 0 radical (unpaired) electrons. The lowest BCUT2D eigenvalue weighted by Gasteiger charge is -2.11. The molecule has 2 N–H and O–H groups in total. The lowest BCUT2D eigenvalue weighted by atomic mass is 10.3. The first kappa shape index (κ1) is 12.0. The number of hydrogen-bond acceptors (Lipinski definition) is 3. The Morgan fingerprint density at radius 2 is 2.27 bits per heavy atom. The van der Waals surface area contributed by atoms with Crippen molar-refractivity contribution in [3.8, 4) is 0 Å². The topological polar surface area (TPSA) is 44.4 Å². The van der Waals surface area contributed by atoms with Gasteiger partial charge in [-0.3, -0.25) is 0 Å². The molecular formula is C10H17N3OS. The Kier molecular flexibility index (Phi) is 5.14. The Labute approximate surface area is 94.3 Å². The van der Waals surface area contributed by atoms with Crippen LogP contribution in [0.25, 0.3) is 0 Å². The van der Waals surface area contributed by atoms with Gasteiger partial charge in [0.2, 0.25) is 0 Å². The molecule has 5 heteroatoms. The lowest BCUT2D eigenvalue weighted by Crippen LogP contribution is -2.38. The van der Waals surface area contributed by atoms with Gasteiger partial charge in [-0.2, -0.15) is 11.3 Å². The number of nitrogens with one attached hydrogen (secondary N) is 2. The van der Waals surface area contributed by atoms with Crippen molar-refractivity contribution in [3.63, 3.8) is 0 Å². The zero-order valence-corrected chi connectivity index (χ0v) is 9.93. The maximum absolute atomic E-state index is 11.1. The highest BCUT2D eigenvalue weighted by molar-refractivity contribution is 7.07. The van der Waals surface area contributed by atoms with E-state index in [1.165, 1.54) is 10.5 Å². The molecule has 2 amide bonds. The molecular weight excluding hydrogens is 210 g/mol. The molecule has 0 unspecified atom stereocenters. The molecule has 0 saturated carbocycles. The van der Waals surface area contributed by atoms with Crippen LogP contribution >= 0.6 is 11.3 Å². The number of nitrogens with zero attached hydrogens (tertiary/aromatic N) is 1. The third-order valence-electron chi connectivity index (χ3n) is 1.89. The third-order valence-corrected chi connectivity index (χ3v) is 2.63. The molecule has 0 fully saturated rings. The fraction of sp³-hybridized carbons (Fsp3) is 0.500. The summed E-state index contributed by atoms with van der Waals surface area (Å²) >= 11 is 1.70. The smallest absolute Gasteiger partial charge is 0.316 e.